The molecule has 5 rings (SSSR count). The van der Waals surface area contributed by atoms with E-state index >= 15 is 0 Å². The molecule has 1 amide bonds. The minimum Gasteiger partial charge on any atom is -0.454 e. The van der Waals surface area contributed by atoms with Gasteiger partial charge in [-0.25, -0.2) is 4.99 Å². The number of aliphatic imine (C=N–C) groups is 1. The van der Waals surface area contributed by atoms with Crippen LogP contribution in [0, 0.1) is 6.92 Å². The molecule has 0 N–H and O–H groups in total. The molecule has 2 heterocycles. The summed E-state index contributed by atoms with van der Waals surface area (Å²) in [6.45, 7) is 2.73. The molecule has 0 aliphatic carbocycles. The van der Waals surface area contributed by atoms with Gasteiger partial charge in [0.2, 0.25) is 6.79 Å². The maximum Gasteiger partial charge on any atom is 0.267 e. The minimum absolute atomic E-state index is 0.0580. The molecule has 3 aromatic rings. The summed E-state index contributed by atoms with van der Waals surface area (Å²) in [6.07, 6.45) is 1.88. The number of aryl methyl sites for hydroxylation is 1. The lowest BCUT2D eigenvalue weighted by atomic mass is 10.2. The second-order valence-electron chi connectivity index (χ2n) is 7.33. The van der Waals surface area contributed by atoms with Crippen LogP contribution in [0.3, 0.4) is 0 Å². The Morgan fingerprint density at radius 2 is 1.77 bits per heavy atom. The maximum atomic E-state index is 13.3. The van der Waals surface area contributed by atoms with Crippen LogP contribution >= 0.6 is 11.8 Å². The lowest BCUT2D eigenvalue weighted by molar-refractivity contribution is -0.122. The van der Waals surface area contributed by atoms with Crippen molar-refractivity contribution in [2.45, 2.75) is 13.5 Å². The molecule has 2 aliphatic rings. The van der Waals surface area contributed by atoms with Crippen molar-refractivity contribution in [3.8, 4) is 11.5 Å². The van der Waals surface area contributed by atoms with E-state index in [0.717, 1.165) is 22.6 Å². The van der Waals surface area contributed by atoms with Gasteiger partial charge in [0, 0.05) is 0 Å². The van der Waals surface area contributed by atoms with E-state index in [1.807, 2.05) is 85.8 Å². The molecule has 6 heteroatoms. The van der Waals surface area contributed by atoms with Crippen LogP contribution in [-0.4, -0.2) is 22.8 Å². The Morgan fingerprint density at radius 3 is 2.58 bits per heavy atom. The molecule has 0 saturated carbocycles. The third-order valence-electron chi connectivity index (χ3n) is 5.02. The Hall–Kier alpha value is -3.51. The molecule has 2 aliphatic heterocycles. The van der Waals surface area contributed by atoms with Gasteiger partial charge in [-0.1, -0.05) is 54.1 Å². The first-order valence-electron chi connectivity index (χ1n) is 9.96. The molecular weight excluding hydrogens is 408 g/mol. The summed E-state index contributed by atoms with van der Waals surface area (Å²) in [5.74, 6) is 1.36. The van der Waals surface area contributed by atoms with Crippen LogP contribution in [0.2, 0.25) is 0 Å². The average molecular weight is 429 g/mol. The van der Waals surface area contributed by atoms with E-state index in [1.165, 1.54) is 17.3 Å². The topological polar surface area (TPSA) is 51.1 Å². The monoisotopic (exact) mass is 428 g/mol. The van der Waals surface area contributed by atoms with Crippen molar-refractivity contribution in [3.63, 3.8) is 0 Å². The van der Waals surface area contributed by atoms with Crippen molar-refractivity contribution in [2.24, 2.45) is 4.99 Å². The minimum atomic E-state index is -0.0580. The lowest BCUT2D eigenvalue weighted by Crippen LogP contribution is -2.28. The molecule has 3 aromatic carbocycles. The highest BCUT2D eigenvalue weighted by Crippen LogP contribution is 2.37. The number of ether oxygens (including phenoxy) is 2. The van der Waals surface area contributed by atoms with Gasteiger partial charge < -0.3 is 9.47 Å². The van der Waals surface area contributed by atoms with Gasteiger partial charge in [-0.2, -0.15) is 0 Å². The number of nitrogens with zero attached hydrogens (tertiary/aromatic N) is 2. The van der Waals surface area contributed by atoms with E-state index < -0.39 is 0 Å². The summed E-state index contributed by atoms with van der Waals surface area (Å²) in [5, 5.41) is 0.671. The van der Waals surface area contributed by atoms with Crippen LogP contribution in [0.5, 0.6) is 11.5 Å². The van der Waals surface area contributed by atoms with Crippen molar-refractivity contribution in [1.82, 2.24) is 4.90 Å². The first kappa shape index (κ1) is 19.5. The maximum absolute atomic E-state index is 13.3. The predicted octanol–water partition coefficient (Wildman–Crippen LogP) is 5.53. The normalized spacial score (nSPS) is 17.7. The Bertz CT molecular complexity index is 1190. The van der Waals surface area contributed by atoms with Gasteiger partial charge in [0.15, 0.2) is 16.7 Å². The van der Waals surface area contributed by atoms with Crippen molar-refractivity contribution >= 4 is 34.6 Å². The van der Waals surface area contributed by atoms with E-state index in [4.69, 9.17) is 14.5 Å². The number of benzene rings is 3. The van der Waals surface area contributed by atoms with Crippen LogP contribution in [0.1, 0.15) is 16.7 Å². The number of amides is 1. The summed E-state index contributed by atoms with van der Waals surface area (Å²) in [6, 6.07) is 23.6. The van der Waals surface area contributed by atoms with Crippen molar-refractivity contribution in [1.29, 1.82) is 0 Å². The standard InChI is InChI=1S/C25H20N2O3S/c1-17-7-10-20(11-8-17)26-25-27(15-18-5-3-2-4-6-18)24(28)23(31-25)14-19-9-12-21-22(13-19)30-16-29-21/h2-14H,15-16H2,1H3/b23-14+,26-25?. The molecule has 5 nitrogen and oxygen atoms in total. The number of hydrogen-bond acceptors (Lipinski definition) is 5. The zero-order valence-corrected chi connectivity index (χ0v) is 17.8. The smallest absolute Gasteiger partial charge is 0.267 e. The highest BCUT2D eigenvalue weighted by Gasteiger charge is 2.33. The first-order chi connectivity index (χ1) is 15.2. The Kier molecular flexibility index (Phi) is 5.22. The van der Waals surface area contributed by atoms with E-state index in [0.29, 0.717) is 22.4 Å². The fourth-order valence-electron chi connectivity index (χ4n) is 3.38. The molecule has 31 heavy (non-hydrogen) atoms. The molecule has 0 radical (unpaired) electrons. The van der Waals surface area contributed by atoms with Crippen molar-refractivity contribution < 1.29 is 14.3 Å². The third-order valence-corrected chi connectivity index (χ3v) is 6.03. The van der Waals surface area contributed by atoms with Crippen LogP contribution in [0.15, 0.2) is 82.7 Å². The molecule has 0 atom stereocenters. The second-order valence-corrected chi connectivity index (χ2v) is 8.34. The van der Waals surface area contributed by atoms with Crippen LogP contribution in [-0.2, 0) is 11.3 Å². The highest BCUT2D eigenvalue weighted by atomic mass is 32.2. The Labute approximate surface area is 185 Å². The fourth-order valence-corrected chi connectivity index (χ4v) is 4.38. The Morgan fingerprint density at radius 1 is 1.00 bits per heavy atom. The SMILES string of the molecule is Cc1ccc(N=C2S/C(=C/c3ccc4c(c3)OCO4)C(=O)N2Cc2ccccc2)cc1. The number of thioether (sulfide) groups is 1. The quantitative estimate of drug-likeness (QED) is 0.513. The molecule has 0 bridgehead atoms. The average Bonchev–Trinajstić information content (AvgIpc) is 3.36. The number of fused-ring (bicyclic) bond motifs is 1. The predicted molar refractivity (Wildman–Crippen MR) is 123 cm³/mol. The van der Waals surface area contributed by atoms with Crippen LogP contribution in [0.4, 0.5) is 5.69 Å². The summed E-state index contributed by atoms with van der Waals surface area (Å²) in [5.41, 5.74) is 3.93. The van der Waals surface area contributed by atoms with Crippen molar-refractivity contribution in [2.75, 3.05) is 6.79 Å². The zero-order valence-electron chi connectivity index (χ0n) is 16.9. The van der Waals surface area contributed by atoms with Gasteiger partial charge in [-0.3, -0.25) is 9.69 Å². The number of amidine groups is 1. The number of rotatable bonds is 4. The summed E-state index contributed by atoms with van der Waals surface area (Å²) < 4.78 is 10.8. The van der Waals surface area contributed by atoms with Gasteiger partial charge in [-0.15, -0.1) is 0 Å². The van der Waals surface area contributed by atoms with E-state index in [-0.39, 0.29) is 12.7 Å². The van der Waals surface area contributed by atoms with E-state index in [2.05, 4.69) is 0 Å². The van der Waals surface area contributed by atoms with Crippen LogP contribution < -0.4 is 9.47 Å². The summed E-state index contributed by atoms with van der Waals surface area (Å²) in [7, 11) is 0. The van der Waals surface area contributed by atoms with Gasteiger partial charge in [0.25, 0.3) is 5.91 Å². The molecule has 0 aromatic heterocycles. The van der Waals surface area contributed by atoms with Gasteiger partial charge in [0.05, 0.1) is 17.1 Å². The molecule has 0 spiro atoms. The number of carbonyl (C=O) groups is 1. The fraction of sp³-hybridized carbons (Fsp3) is 0.120. The van der Waals surface area contributed by atoms with Gasteiger partial charge in [-0.05, 0) is 60.2 Å². The molecule has 1 fully saturated rings. The summed E-state index contributed by atoms with van der Waals surface area (Å²) in [4.78, 5) is 20.4. The molecule has 1 saturated heterocycles. The first-order valence-corrected chi connectivity index (χ1v) is 10.8. The van der Waals surface area contributed by atoms with E-state index in [9.17, 15) is 4.79 Å². The molecule has 0 unspecified atom stereocenters. The third kappa shape index (κ3) is 4.20. The lowest BCUT2D eigenvalue weighted by Gasteiger charge is -2.15. The number of hydrogen-bond donors (Lipinski definition) is 0. The molecular formula is C25H20N2O3S. The van der Waals surface area contributed by atoms with E-state index in [1.54, 1.807) is 4.90 Å². The van der Waals surface area contributed by atoms with Gasteiger partial charge in [0.1, 0.15) is 0 Å². The summed E-state index contributed by atoms with van der Waals surface area (Å²) >= 11 is 1.39. The Balaban J connectivity index is 1.49. The highest BCUT2D eigenvalue weighted by molar-refractivity contribution is 8.18. The van der Waals surface area contributed by atoms with Crippen molar-refractivity contribution in [3.05, 3.63) is 94.4 Å². The van der Waals surface area contributed by atoms with Crippen LogP contribution in [0.25, 0.3) is 6.08 Å². The second kappa shape index (κ2) is 8.32. The number of carbonyl (C=O) groups excluding carboxylic acids is 1. The van der Waals surface area contributed by atoms with Gasteiger partial charge >= 0.3 is 0 Å². The molecule has 154 valence electrons. The largest absolute Gasteiger partial charge is 0.454 e. The zero-order chi connectivity index (χ0) is 21.2.